The molecule has 170 valence electrons. The minimum absolute atomic E-state index is 0.783. The molecule has 0 N–H and O–H groups in total. The molecular formula is C36H20O. The Bertz CT molecular complexity index is 2070. The van der Waals surface area contributed by atoms with Gasteiger partial charge in [0, 0.05) is 32.8 Å². The van der Waals surface area contributed by atoms with E-state index in [1.807, 2.05) is 66.7 Å². The quantitative estimate of drug-likeness (QED) is 0.203. The van der Waals surface area contributed by atoms with Gasteiger partial charge in [0.05, 0.1) is 5.56 Å². The zero-order valence-electron chi connectivity index (χ0n) is 20.0. The molecule has 0 atom stereocenters. The fourth-order valence-electron chi connectivity index (χ4n) is 5.03. The molecule has 7 rings (SSSR count). The molecule has 1 aromatic heterocycles. The number of hydrogen-bond donors (Lipinski definition) is 0. The summed E-state index contributed by atoms with van der Waals surface area (Å²) >= 11 is 0. The van der Waals surface area contributed by atoms with Gasteiger partial charge in [-0.1, -0.05) is 115 Å². The van der Waals surface area contributed by atoms with Crippen molar-refractivity contribution in [1.29, 1.82) is 0 Å². The Hall–Kier alpha value is -5.24. The summed E-state index contributed by atoms with van der Waals surface area (Å²) in [6.45, 7) is 0. The van der Waals surface area contributed by atoms with E-state index in [0.717, 1.165) is 60.4 Å². The first-order valence-corrected chi connectivity index (χ1v) is 12.3. The van der Waals surface area contributed by atoms with Crippen molar-refractivity contribution in [2.45, 2.75) is 0 Å². The SMILES string of the molecule is C(#Cc1c2ccccc2c(C#Cc2ccccc2)c2c1oc1ccc3ccccc3c12)c1ccccc1. The zero-order chi connectivity index (χ0) is 24.6. The van der Waals surface area contributed by atoms with E-state index in [4.69, 9.17) is 4.42 Å². The lowest BCUT2D eigenvalue weighted by Crippen LogP contribution is -1.89. The lowest BCUT2D eigenvalue weighted by atomic mass is 9.93. The zero-order valence-corrected chi connectivity index (χ0v) is 20.0. The van der Waals surface area contributed by atoms with Gasteiger partial charge in [-0.15, -0.1) is 0 Å². The maximum Gasteiger partial charge on any atom is 0.152 e. The van der Waals surface area contributed by atoms with Crippen LogP contribution in [0.1, 0.15) is 22.3 Å². The monoisotopic (exact) mass is 468 g/mol. The van der Waals surface area contributed by atoms with E-state index in [2.05, 4.69) is 78.3 Å². The van der Waals surface area contributed by atoms with Crippen LogP contribution in [0, 0.1) is 23.7 Å². The average molecular weight is 469 g/mol. The Kier molecular flexibility index (Phi) is 4.99. The summed E-state index contributed by atoms with van der Waals surface area (Å²) in [4.78, 5) is 0. The Morgan fingerprint density at radius 2 is 0.946 bits per heavy atom. The standard InChI is InChI=1S/C36H20O/c1-3-11-25(12-4-1)19-22-31-29-17-9-10-18-30(29)32(23-20-26-13-5-2-6-14-26)36-35(31)34-28-16-8-7-15-27(28)21-24-33(34)37-36/h1-18,21,24H. The highest BCUT2D eigenvalue weighted by Gasteiger charge is 2.20. The molecule has 7 aromatic rings. The number of hydrogen-bond acceptors (Lipinski definition) is 1. The second-order valence-corrected chi connectivity index (χ2v) is 8.99. The van der Waals surface area contributed by atoms with E-state index < -0.39 is 0 Å². The summed E-state index contributed by atoms with van der Waals surface area (Å²) < 4.78 is 6.61. The van der Waals surface area contributed by atoms with Crippen molar-refractivity contribution < 1.29 is 4.42 Å². The second-order valence-electron chi connectivity index (χ2n) is 8.99. The second kappa shape index (κ2) is 8.76. The molecule has 0 aliphatic carbocycles. The third-order valence-corrected chi connectivity index (χ3v) is 6.73. The molecule has 37 heavy (non-hydrogen) atoms. The lowest BCUT2D eigenvalue weighted by Gasteiger charge is -2.07. The van der Waals surface area contributed by atoms with Crippen molar-refractivity contribution in [1.82, 2.24) is 0 Å². The van der Waals surface area contributed by atoms with Crippen LogP contribution >= 0.6 is 0 Å². The predicted molar refractivity (Wildman–Crippen MR) is 154 cm³/mol. The van der Waals surface area contributed by atoms with Crippen LogP contribution in [0.25, 0.3) is 43.5 Å². The van der Waals surface area contributed by atoms with Gasteiger partial charge in [0.25, 0.3) is 0 Å². The minimum Gasteiger partial charge on any atom is -0.455 e. The molecule has 0 bridgehead atoms. The van der Waals surface area contributed by atoms with Crippen molar-refractivity contribution >= 4 is 43.5 Å². The van der Waals surface area contributed by atoms with E-state index in [1.54, 1.807) is 0 Å². The van der Waals surface area contributed by atoms with Crippen molar-refractivity contribution in [3.05, 3.63) is 144 Å². The highest BCUT2D eigenvalue weighted by molar-refractivity contribution is 6.24. The van der Waals surface area contributed by atoms with Crippen molar-refractivity contribution in [3.63, 3.8) is 0 Å². The van der Waals surface area contributed by atoms with Crippen LogP contribution in [0.5, 0.6) is 0 Å². The number of furan rings is 1. The smallest absolute Gasteiger partial charge is 0.152 e. The third-order valence-electron chi connectivity index (χ3n) is 6.73. The van der Waals surface area contributed by atoms with Crippen LogP contribution < -0.4 is 0 Å². The van der Waals surface area contributed by atoms with Crippen LogP contribution in [0.2, 0.25) is 0 Å². The van der Waals surface area contributed by atoms with Crippen molar-refractivity contribution in [3.8, 4) is 23.7 Å². The van der Waals surface area contributed by atoms with Crippen LogP contribution in [0.15, 0.2) is 126 Å². The van der Waals surface area contributed by atoms with Gasteiger partial charge in [-0.25, -0.2) is 0 Å². The Balaban J connectivity index is 1.66. The van der Waals surface area contributed by atoms with Crippen LogP contribution in [0.3, 0.4) is 0 Å². The van der Waals surface area contributed by atoms with Crippen molar-refractivity contribution in [2.75, 3.05) is 0 Å². The van der Waals surface area contributed by atoms with Gasteiger partial charge >= 0.3 is 0 Å². The minimum atomic E-state index is 0.783. The molecule has 0 saturated heterocycles. The van der Waals surface area contributed by atoms with E-state index in [9.17, 15) is 0 Å². The van der Waals surface area contributed by atoms with Crippen LogP contribution in [-0.4, -0.2) is 0 Å². The molecule has 0 amide bonds. The molecule has 1 heterocycles. The topological polar surface area (TPSA) is 13.1 Å². The molecule has 0 saturated carbocycles. The molecule has 0 radical (unpaired) electrons. The summed E-state index contributed by atoms with van der Waals surface area (Å²) in [6.07, 6.45) is 0. The maximum atomic E-state index is 6.61. The fraction of sp³-hybridized carbons (Fsp3) is 0. The first kappa shape index (κ1) is 21.1. The molecule has 1 nitrogen and oxygen atoms in total. The van der Waals surface area contributed by atoms with Crippen LogP contribution in [-0.2, 0) is 0 Å². The Morgan fingerprint density at radius 1 is 0.405 bits per heavy atom. The van der Waals surface area contributed by atoms with Gasteiger partial charge in [0.2, 0.25) is 0 Å². The van der Waals surface area contributed by atoms with Crippen LogP contribution in [0.4, 0.5) is 0 Å². The summed E-state index contributed by atoms with van der Waals surface area (Å²) in [5, 5.41) is 6.54. The predicted octanol–water partition coefficient (Wildman–Crippen LogP) is 8.69. The fourth-order valence-corrected chi connectivity index (χ4v) is 5.03. The Morgan fingerprint density at radius 3 is 1.62 bits per heavy atom. The van der Waals surface area contributed by atoms with E-state index in [0.29, 0.717) is 0 Å². The molecule has 0 unspecified atom stereocenters. The molecule has 6 aromatic carbocycles. The van der Waals surface area contributed by atoms with Crippen molar-refractivity contribution in [2.24, 2.45) is 0 Å². The van der Waals surface area contributed by atoms with Gasteiger partial charge in [0.1, 0.15) is 5.58 Å². The van der Waals surface area contributed by atoms with Gasteiger partial charge in [-0.3, -0.25) is 0 Å². The first-order valence-electron chi connectivity index (χ1n) is 12.3. The average Bonchev–Trinajstić information content (AvgIpc) is 3.36. The molecule has 1 heteroatoms. The highest BCUT2D eigenvalue weighted by atomic mass is 16.3. The molecule has 0 fully saturated rings. The van der Waals surface area contributed by atoms with Gasteiger partial charge in [-0.2, -0.15) is 0 Å². The number of benzene rings is 6. The normalized spacial score (nSPS) is 10.8. The number of rotatable bonds is 0. The van der Waals surface area contributed by atoms with Gasteiger partial charge in [-0.05, 0) is 46.5 Å². The third kappa shape index (κ3) is 3.63. The first-order chi connectivity index (χ1) is 18.4. The summed E-state index contributed by atoms with van der Waals surface area (Å²) in [5.41, 5.74) is 5.43. The summed E-state index contributed by atoms with van der Waals surface area (Å²) in [6, 6.07) is 41.2. The van der Waals surface area contributed by atoms with Gasteiger partial charge in [0.15, 0.2) is 5.58 Å². The molecular weight excluding hydrogens is 448 g/mol. The summed E-state index contributed by atoms with van der Waals surface area (Å²) in [5.74, 6) is 13.8. The van der Waals surface area contributed by atoms with E-state index in [-0.39, 0.29) is 0 Å². The van der Waals surface area contributed by atoms with E-state index in [1.165, 1.54) is 5.39 Å². The molecule has 0 aliphatic rings. The molecule has 0 spiro atoms. The number of fused-ring (bicyclic) bond motifs is 6. The lowest BCUT2D eigenvalue weighted by molar-refractivity contribution is 0.668. The van der Waals surface area contributed by atoms with Gasteiger partial charge < -0.3 is 4.42 Å². The maximum absolute atomic E-state index is 6.61. The largest absolute Gasteiger partial charge is 0.455 e. The molecule has 0 aliphatic heterocycles. The Labute approximate surface area is 215 Å². The highest BCUT2D eigenvalue weighted by Crippen LogP contribution is 2.41. The van der Waals surface area contributed by atoms with E-state index >= 15 is 0 Å². The summed E-state index contributed by atoms with van der Waals surface area (Å²) in [7, 11) is 0.